The Balaban J connectivity index is 3.31. The Morgan fingerprint density at radius 2 is 1.78 bits per heavy atom. The fourth-order valence-electron chi connectivity index (χ4n) is 1.79. The third-order valence-electron chi connectivity index (χ3n) is 3.10. The maximum Gasteiger partial charge on any atom is 0.163 e. The number of rotatable bonds is 4. The van der Waals surface area contributed by atoms with Crippen molar-refractivity contribution in [1.82, 2.24) is 5.32 Å². The maximum absolute atomic E-state index is 13.8. The van der Waals surface area contributed by atoms with Gasteiger partial charge >= 0.3 is 0 Å². The quantitative estimate of drug-likeness (QED) is 0.915. The van der Waals surface area contributed by atoms with Crippen molar-refractivity contribution >= 4 is 9.84 Å². The monoisotopic (exact) mass is 277 g/mol. The highest BCUT2D eigenvalue weighted by molar-refractivity contribution is 7.91. The van der Waals surface area contributed by atoms with E-state index in [-0.39, 0.29) is 11.1 Å². The van der Waals surface area contributed by atoms with Gasteiger partial charge in [0.2, 0.25) is 0 Å². The minimum absolute atomic E-state index is 0.0264. The summed E-state index contributed by atoms with van der Waals surface area (Å²) in [4.78, 5) is 0. The Labute approximate surface area is 106 Å². The van der Waals surface area contributed by atoms with E-state index in [9.17, 15) is 17.2 Å². The standard InChI is InChI=1S/C12H17F2NO2S/c1-7-5-6-9(11(14)10(7)13)12(15-3)8(2)18(4,16)17/h5-6,8,12,15H,1-4H3. The third kappa shape index (κ3) is 2.87. The van der Waals surface area contributed by atoms with E-state index >= 15 is 0 Å². The molecule has 0 amide bonds. The number of aryl methyl sites for hydroxylation is 1. The summed E-state index contributed by atoms with van der Waals surface area (Å²) in [7, 11) is -1.84. The highest BCUT2D eigenvalue weighted by Gasteiger charge is 2.29. The molecule has 2 atom stereocenters. The number of nitrogens with one attached hydrogen (secondary N) is 1. The van der Waals surface area contributed by atoms with Crippen molar-refractivity contribution in [1.29, 1.82) is 0 Å². The predicted octanol–water partition coefficient (Wildman–Crippen LogP) is 1.97. The van der Waals surface area contributed by atoms with E-state index in [1.54, 1.807) is 0 Å². The van der Waals surface area contributed by atoms with Crippen LogP contribution in [0, 0.1) is 18.6 Å². The largest absolute Gasteiger partial charge is 0.312 e. The van der Waals surface area contributed by atoms with Gasteiger partial charge in [-0.05, 0) is 26.5 Å². The summed E-state index contributed by atoms with van der Waals surface area (Å²) in [6, 6.07) is 2.07. The lowest BCUT2D eigenvalue weighted by atomic mass is 10.0. The molecule has 0 aromatic heterocycles. The number of sulfone groups is 1. The second-order valence-electron chi connectivity index (χ2n) is 4.40. The zero-order valence-electron chi connectivity index (χ0n) is 10.8. The first-order valence-electron chi connectivity index (χ1n) is 5.50. The fraction of sp³-hybridized carbons (Fsp3) is 0.500. The lowest BCUT2D eigenvalue weighted by molar-refractivity contribution is 0.463. The highest BCUT2D eigenvalue weighted by Crippen LogP contribution is 2.26. The molecule has 6 heteroatoms. The molecule has 0 spiro atoms. The lowest BCUT2D eigenvalue weighted by Gasteiger charge is -2.23. The Morgan fingerprint density at radius 1 is 1.22 bits per heavy atom. The zero-order valence-corrected chi connectivity index (χ0v) is 11.6. The molecule has 2 unspecified atom stereocenters. The Bertz CT molecular complexity index is 543. The molecular formula is C12H17F2NO2S. The van der Waals surface area contributed by atoms with Gasteiger partial charge in [-0.3, -0.25) is 0 Å². The smallest absolute Gasteiger partial charge is 0.163 e. The fourth-order valence-corrected chi connectivity index (χ4v) is 2.57. The van der Waals surface area contributed by atoms with E-state index in [0.29, 0.717) is 0 Å². The van der Waals surface area contributed by atoms with E-state index < -0.39 is 32.8 Å². The van der Waals surface area contributed by atoms with Crippen molar-refractivity contribution in [3.8, 4) is 0 Å². The van der Waals surface area contributed by atoms with Gasteiger partial charge in [-0.1, -0.05) is 12.1 Å². The van der Waals surface area contributed by atoms with E-state index in [2.05, 4.69) is 5.32 Å². The Kier molecular flexibility index (Phi) is 4.45. The highest BCUT2D eigenvalue weighted by atomic mass is 32.2. The van der Waals surface area contributed by atoms with Crippen LogP contribution in [0.15, 0.2) is 12.1 Å². The van der Waals surface area contributed by atoms with Gasteiger partial charge in [-0.15, -0.1) is 0 Å². The molecule has 0 heterocycles. The van der Waals surface area contributed by atoms with Crippen molar-refractivity contribution in [2.45, 2.75) is 25.1 Å². The van der Waals surface area contributed by atoms with Gasteiger partial charge in [0.25, 0.3) is 0 Å². The van der Waals surface area contributed by atoms with Gasteiger partial charge in [0.1, 0.15) is 0 Å². The van der Waals surface area contributed by atoms with Crippen LogP contribution in [-0.2, 0) is 9.84 Å². The molecule has 0 radical (unpaired) electrons. The van der Waals surface area contributed by atoms with Crippen LogP contribution in [0.5, 0.6) is 0 Å². The summed E-state index contributed by atoms with van der Waals surface area (Å²) in [5.41, 5.74) is 0.219. The minimum atomic E-state index is -3.35. The molecule has 1 aromatic carbocycles. The van der Waals surface area contributed by atoms with Crippen molar-refractivity contribution in [3.63, 3.8) is 0 Å². The molecule has 0 bridgehead atoms. The molecule has 0 aliphatic rings. The van der Waals surface area contributed by atoms with Crippen molar-refractivity contribution in [3.05, 3.63) is 34.9 Å². The summed E-state index contributed by atoms with van der Waals surface area (Å²) >= 11 is 0. The van der Waals surface area contributed by atoms with Gasteiger partial charge in [0, 0.05) is 11.8 Å². The van der Waals surface area contributed by atoms with Crippen molar-refractivity contribution in [2.75, 3.05) is 13.3 Å². The van der Waals surface area contributed by atoms with E-state index in [1.165, 1.54) is 33.0 Å². The topological polar surface area (TPSA) is 46.2 Å². The van der Waals surface area contributed by atoms with Crippen molar-refractivity contribution < 1.29 is 17.2 Å². The van der Waals surface area contributed by atoms with Crippen LogP contribution in [0.25, 0.3) is 0 Å². The maximum atomic E-state index is 13.8. The van der Waals surface area contributed by atoms with E-state index in [4.69, 9.17) is 0 Å². The lowest BCUT2D eigenvalue weighted by Crippen LogP contribution is -2.33. The molecule has 102 valence electrons. The Hall–Kier alpha value is -1.01. The van der Waals surface area contributed by atoms with Crippen LogP contribution in [0.4, 0.5) is 8.78 Å². The normalized spacial score (nSPS) is 15.4. The number of hydrogen-bond donors (Lipinski definition) is 1. The summed E-state index contributed by atoms with van der Waals surface area (Å²) < 4.78 is 50.4. The van der Waals surface area contributed by atoms with Crippen LogP contribution >= 0.6 is 0 Å². The molecule has 18 heavy (non-hydrogen) atoms. The minimum Gasteiger partial charge on any atom is -0.312 e. The van der Waals surface area contributed by atoms with Crippen LogP contribution in [0.3, 0.4) is 0 Å². The van der Waals surface area contributed by atoms with Gasteiger partial charge in [0.15, 0.2) is 21.5 Å². The number of hydrogen-bond acceptors (Lipinski definition) is 3. The van der Waals surface area contributed by atoms with Gasteiger partial charge in [-0.2, -0.15) is 0 Å². The summed E-state index contributed by atoms with van der Waals surface area (Å²) in [5.74, 6) is -1.93. The van der Waals surface area contributed by atoms with Crippen molar-refractivity contribution in [2.24, 2.45) is 0 Å². The predicted molar refractivity (Wildman–Crippen MR) is 67.2 cm³/mol. The number of halogens is 2. The first-order chi connectivity index (χ1) is 8.20. The molecular weight excluding hydrogens is 260 g/mol. The second kappa shape index (κ2) is 5.32. The molecule has 0 fully saturated rings. The summed E-state index contributed by atoms with van der Waals surface area (Å²) in [6.07, 6.45) is 1.07. The van der Waals surface area contributed by atoms with Crippen LogP contribution in [0.1, 0.15) is 24.1 Å². The molecule has 1 aromatic rings. The van der Waals surface area contributed by atoms with E-state index in [1.807, 2.05) is 0 Å². The van der Waals surface area contributed by atoms with Crippen LogP contribution in [-0.4, -0.2) is 27.0 Å². The van der Waals surface area contributed by atoms with Gasteiger partial charge < -0.3 is 5.32 Å². The summed E-state index contributed by atoms with van der Waals surface area (Å²) in [6.45, 7) is 2.92. The molecule has 3 nitrogen and oxygen atoms in total. The number of benzene rings is 1. The zero-order chi connectivity index (χ0) is 14.1. The third-order valence-corrected chi connectivity index (χ3v) is 4.72. The first-order valence-corrected chi connectivity index (χ1v) is 7.46. The molecule has 1 rings (SSSR count). The molecule has 1 N–H and O–H groups in total. The van der Waals surface area contributed by atoms with Crippen LogP contribution in [0.2, 0.25) is 0 Å². The van der Waals surface area contributed by atoms with Crippen LogP contribution < -0.4 is 5.32 Å². The first kappa shape index (κ1) is 15.0. The van der Waals surface area contributed by atoms with Gasteiger partial charge in [0.05, 0.1) is 11.3 Å². The molecule has 0 saturated carbocycles. The average molecular weight is 277 g/mol. The van der Waals surface area contributed by atoms with E-state index in [0.717, 1.165) is 6.26 Å². The average Bonchev–Trinajstić information content (AvgIpc) is 2.28. The van der Waals surface area contributed by atoms with Gasteiger partial charge in [-0.25, -0.2) is 17.2 Å². The summed E-state index contributed by atoms with van der Waals surface area (Å²) in [5, 5.41) is 1.88. The Morgan fingerprint density at radius 3 is 2.22 bits per heavy atom. The molecule has 0 aliphatic carbocycles. The molecule has 0 aliphatic heterocycles. The molecule has 0 saturated heterocycles. The second-order valence-corrected chi connectivity index (χ2v) is 6.80. The SMILES string of the molecule is CNC(c1ccc(C)c(F)c1F)C(C)S(C)(=O)=O.